The van der Waals surface area contributed by atoms with Gasteiger partial charge in [0.2, 0.25) is 5.91 Å². The fraction of sp³-hybridized carbons (Fsp3) is 0.308. The molecule has 0 aliphatic heterocycles. The van der Waals surface area contributed by atoms with Crippen LogP contribution in [0.1, 0.15) is 17.0 Å². The smallest absolute Gasteiger partial charge is 0.228 e. The minimum absolute atomic E-state index is 0.0540. The first-order valence-electron chi connectivity index (χ1n) is 5.79. The molecule has 2 heterocycles. The highest BCUT2D eigenvalue weighted by Gasteiger charge is 2.11. The third kappa shape index (κ3) is 3.16. The molecule has 18 heavy (non-hydrogen) atoms. The zero-order chi connectivity index (χ0) is 13.0. The van der Waals surface area contributed by atoms with E-state index in [1.165, 1.54) is 0 Å². The molecule has 0 spiro atoms. The Labute approximate surface area is 106 Å². The van der Waals surface area contributed by atoms with Gasteiger partial charge in [-0.25, -0.2) is 0 Å². The Balaban J connectivity index is 1.93. The maximum absolute atomic E-state index is 12.0. The fourth-order valence-corrected chi connectivity index (χ4v) is 1.71. The Morgan fingerprint density at radius 2 is 2.11 bits per heavy atom. The van der Waals surface area contributed by atoms with Crippen LogP contribution in [0.5, 0.6) is 0 Å². The summed E-state index contributed by atoms with van der Waals surface area (Å²) in [4.78, 5) is 17.6. The van der Waals surface area contributed by atoms with Gasteiger partial charge in [-0.15, -0.1) is 0 Å². The molecular formula is C13H16N4O. The molecule has 0 radical (unpaired) electrons. The van der Waals surface area contributed by atoms with Crippen molar-refractivity contribution < 1.29 is 4.79 Å². The summed E-state index contributed by atoms with van der Waals surface area (Å²) in [6.07, 6.45) is 3.78. The summed E-state index contributed by atoms with van der Waals surface area (Å²) in [6.45, 7) is 2.51. The Hall–Kier alpha value is -2.17. The summed E-state index contributed by atoms with van der Waals surface area (Å²) in [5, 5.41) is 6.90. The fourth-order valence-electron chi connectivity index (χ4n) is 1.71. The van der Waals surface area contributed by atoms with Gasteiger partial charge in [0.05, 0.1) is 12.1 Å². The quantitative estimate of drug-likeness (QED) is 0.882. The zero-order valence-electron chi connectivity index (χ0n) is 10.6. The van der Waals surface area contributed by atoms with Gasteiger partial charge in [-0.05, 0) is 30.7 Å². The molecule has 0 aromatic carbocycles. The molecule has 1 N–H and O–H groups in total. The molecule has 5 nitrogen and oxygen atoms in total. The van der Waals surface area contributed by atoms with Crippen LogP contribution in [0.3, 0.4) is 0 Å². The van der Waals surface area contributed by atoms with Gasteiger partial charge in [-0.2, -0.15) is 5.10 Å². The molecule has 0 bridgehead atoms. The van der Waals surface area contributed by atoms with Crippen LogP contribution >= 0.6 is 0 Å². The average Bonchev–Trinajstić information content (AvgIpc) is 2.76. The van der Waals surface area contributed by atoms with Crippen LogP contribution in [-0.2, 0) is 17.8 Å². The molecule has 2 rings (SSSR count). The van der Waals surface area contributed by atoms with Crippen LogP contribution < -0.4 is 0 Å². The maximum Gasteiger partial charge on any atom is 0.228 e. The molecule has 1 amide bonds. The molecule has 0 saturated carbocycles. The molecule has 0 saturated heterocycles. The summed E-state index contributed by atoms with van der Waals surface area (Å²) < 4.78 is 0. The summed E-state index contributed by atoms with van der Waals surface area (Å²) in [5.41, 5.74) is 2.81. The van der Waals surface area contributed by atoms with E-state index in [1.807, 2.05) is 25.1 Å². The van der Waals surface area contributed by atoms with E-state index in [0.717, 1.165) is 17.0 Å². The van der Waals surface area contributed by atoms with Crippen molar-refractivity contribution >= 4 is 5.91 Å². The van der Waals surface area contributed by atoms with E-state index in [0.29, 0.717) is 13.0 Å². The van der Waals surface area contributed by atoms with Crippen LogP contribution in [0.15, 0.2) is 30.6 Å². The summed E-state index contributed by atoms with van der Waals surface area (Å²) in [5.74, 6) is 0.0540. The second-order valence-electron chi connectivity index (χ2n) is 4.32. The summed E-state index contributed by atoms with van der Waals surface area (Å²) >= 11 is 0. The number of H-pyrrole nitrogens is 1. The van der Waals surface area contributed by atoms with Crippen LogP contribution in [0.25, 0.3) is 0 Å². The van der Waals surface area contributed by atoms with E-state index in [9.17, 15) is 4.79 Å². The van der Waals surface area contributed by atoms with Crippen molar-refractivity contribution in [2.75, 3.05) is 7.05 Å². The topological polar surface area (TPSA) is 61.9 Å². The lowest BCUT2D eigenvalue weighted by molar-refractivity contribution is -0.129. The number of aryl methyl sites for hydroxylation is 1. The second kappa shape index (κ2) is 5.44. The standard InChI is InChI=1S/C13H16N4O/c1-10-7-12(16-15-10)8-13(18)17(2)9-11-3-5-14-6-4-11/h3-7H,8-9H2,1-2H3,(H,15,16). The number of rotatable bonds is 4. The van der Waals surface area contributed by atoms with Crippen molar-refractivity contribution in [1.82, 2.24) is 20.1 Å². The molecule has 5 heteroatoms. The van der Waals surface area contributed by atoms with Gasteiger partial charge >= 0.3 is 0 Å². The largest absolute Gasteiger partial charge is 0.341 e. The maximum atomic E-state index is 12.0. The van der Waals surface area contributed by atoms with Gasteiger partial charge in [0, 0.05) is 31.7 Å². The van der Waals surface area contributed by atoms with Crippen molar-refractivity contribution in [1.29, 1.82) is 0 Å². The minimum atomic E-state index is 0.0540. The summed E-state index contributed by atoms with van der Waals surface area (Å²) in [7, 11) is 1.79. The first-order valence-corrected chi connectivity index (χ1v) is 5.79. The van der Waals surface area contributed by atoms with Gasteiger partial charge in [-0.3, -0.25) is 14.9 Å². The van der Waals surface area contributed by atoms with Crippen molar-refractivity contribution in [3.8, 4) is 0 Å². The number of carbonyl (C=O) groups excluding carboxylic acids is 1. The van der Waals surface area contributed by atoms with Crippen molar-refractivity contribution in [3.05, 3.63) is 47.5 Å². The molecule has 0 fully saturated rings. The van der Waals surface area contributed by atoms with Crippen LogP contribution in [0.4, 0.5) is 0 Å². The van der Waals surface area contributed by atoms with E-state index in [2.05, 4.69) is 15.2 Å². The Kier molecular flexibility index (Phi) is 3.72. The SMILES string of the molecule is Cc1cc(CC(=O)N(C)Cc2ccncc2)n[nH]1. The number of pyridine rings is 1. The van der Waals surface area contributed by atoms with Crippen molar-refractivity contribution in [2.45, 2.75) is 19.9 Å². The average molecular weight is 244 g/mol. The predicted octanol–water partition coefficient (Wildman–Crippen LogP) is 1.31. The van der Waals surface area contributed by atoms with E-state index in [4.69, 9.17) is 0 Å². The van der Waals surface area contributed by atoms with Crippen LogP contribution in [0.2, 0.25) is 0 Å². The second-order valence-corrected chi connectivity index (χ2v) is 4.32. The van der Waals surface area contributed by atoms with Crippen molar-refractivity contribution in [2.24, 2.45) is 0 Å². The molecule has 2 aromatic heterocycles. The Bertz CT molecular complexity index is 521. The normalized spacial score (nSPS) is 10.3. The van der Waals surface area contributed by atoms with Gasteiger partial charge in [0.1, 0.15) is 0 Å². The monoisotopic (exact) mass is 244 g/mol. The number of carbonyl (C=O) groups is 1. The van der Waals surface area contributed by atoms with E-state index >= 15 is 0 Å². The number of amides is 1. The van der Waals surface area contributed by atoms with E-state index in [-0.39, 0.29) is 5.91 Å². The van der Waals surface area contributed by atoms with E-state index in [1.54, 1.807) is 24.3 Å². The number of hydrogen-bond acceptors (Lipinski definition) is 3. The third-order valence-corrected chi connectivity index (χ3v) is 2.69. The molecule has 94 valence electrons. The lowest BCUT2D eigenvalue weighted by Crippen LogP contribution is -2.27. The highest BCUT2D eigenvalue weighted by molar-refractivity contribution is 5.78. The number of hydrogen-bond donors (Lipinski definition) is 1. The third-order valence-electron chi connectivity index (χ3n) is 2.69. The molecule has 0 aliphatic rings. The molecule has 0 atom stereocenters. The van der Waals surface area contributed by atoms with Crippen LogP contribution in [-0.4, -0.2) is 33.0 Å². The Morgan fingerprint density at radius 1 is 1.39 bits per heavy atom. The van der Waals surface area contributed by atoms with Crippen LogP contribution in [0, 0.1) is 6.92 Å². The first-order chi connectivity index (χ1) is 8.65. The molecule has 0 unspecified atom stereocenters. The number of nitrogens with zero attached hydrogens (tertiary/aromatic N) is 3. The first kappa shape index (κ1) is 12.3. The van der Waals surface area contributed by atoms with Gasteiger partial charge < -0.3 is 4.90 Å². The number of aromatic amines is 1. The van der Waals surface area contributed by atoms with Gasteiger partial charge in [-0.1, -0.05) is 0 Å². The zero-order valence-corrected chi connectivity index (χ0v) is 10.6. The lowest BCUT2D eigenvalue weighted by Gasteiger charge is -2.16. The lowest BCUT2D eigenvalue weighted by atomic mass is 10.2. The highest BCUT2D eigenvalue weighted by atomic mass is 16.2. The highest BCUT2D eigenvalue weighted by Crippen LogP contribution is 2.05. The summed E-state index contributed by atoms with van der Waals surface area (Å²) in [6, 6.07) is 5.70. The number of nitrogens with one attached hydrogen (secondary N) is 1. The van der Waals surface area contributed by atoms with Crippen molar-refractivity contribution in [3.63, 3.8) is 0 Å². The number of aromatic nitrogens is 3. The molecule has 0 aliphatic carbocycles. The van der Waals surface area contributed by atoms with E-state index < -0.39 is 0 Å². The minimum Gasteiger partial charge on any atom is -0.341 e. The predicted molar refractivity (Wildman–Crippen MR) is 67.7 cm³/mol. The molecule has 2 aromatic rings. The van der Waals surface area contributed by atoms with Gasteiger partial charge in [0.15, 0.2) is 0 Å². The Morgan fingerprint density at radius 3 is 2.72 bits per heavy atom. The van der Waals surface area contributed by atoms with Gasteiger partial charge in [0.25, 0.3) is 0 Å². The molecular weight excluding hydrogens is 228 g/mol. The number of likely N-dealkylation sites (N-methyl/N-ethyl adjacent to an activating group) is 1.